The summed E-state index contributed by atoms with van der Waals surface area (Å²) >= 11 is 6.11. The van der Waals surface area contributed by atoms with Gasteiger partial charge in [0.15, 0.2) is 0 Å². The van der Waals surface area contributed by atoms with Gasteiger partial charge in [0.2, 0.25) is 11.8 Å². The number of aryl methyl sites for hydroxylation is 1. The number of anilines is 1. The molecule has 0 bridgehead atoms. The number of benzene rings is 2. The topological polar surface area (TPSA) is 52.6 Å². The van der Waals surface area contributed by atoms with Crippen molar-refractivity contribution in [2.24, 2.45) is 0 Å². The van der Waals surface area contributed by atoms with Gasteiger partial charge in [-0.05, 0) is 36.3 Å². The number of amides is 2. The summed E-state index contributed by atoms with van der Waals surface area (Å²) in [6.07, 6.45) is 3.17. The van der Waals surface area contributed by atoms with Crippen LogP contribution in [0.5, 0.6) is 0 Å². The SMILES string of the molecule is Cc1ccc(Cl)cc1N1CCN(C(=O)CNC(=O)/C=C/c2ccccc2)CC1. The normalized spacial score (nSPS) is 14.4. The van der Waals surface area contributed by atoms with Gasteiger partial charge in [-0.3, -0.25) is 9.59 Å². The molecular weight excluding hydrogens is 374 g/mol. The van der Waals surface area contributed by atoms with Crippen LogP contribution in [0.4, 0.5) is 5.69 Å². The van der Waals surface area contributed by atoms with Crippen molar-refractivity contribution < 1.29 is 9.59 Å². The molecular formula is C22H24ClN3O2. The van der Waals surface area contributed by atoms with E-state index in [0.717, 1.165) is 24.3 Å². The number of carbonyl (C=O) groups excluding carboxylic acids is 2. The summed E-state index contributed by atoms with van der Waals surface area (Å²) < 4.78 is 0. The molecule has 2 aromatic carbocycles. The Labute approximate surface area is 170 Å². The van der Waals surface area contributed by atoms with Gasteiger partial charge in [-0.15, -0.1) is 0 Å². The second-order valence-electron chi connectivity index (χ2n) is 6.76. The quantitative estimate of drug-likeness (QED) is 0.788. The second kappa shape index (κ2) is 9.42. The summed E-state index contributed by atoms with van der Waals surface area (Å²) in [4.78, 5) is 28.3. The average Bonchev–Trinajstić information content (AvgIpc) is 2.73. The summed E-state index contributed by atoms with van der Waals surface area (Å²) in [7, 11) is 0. The highest BCUT2D eigenvalue weighted by Gasteiger charge is 2.22. The summed E-state index contributed by atoms with van der Waals surface area (Å²) in [5.41, 5.74) is 3.22. The van der Waals surface area contributed by atoms with Crippen LogP contribution in [0.15, 0.2) is 54.6 Å². The van der Waals surface area contributed by atoms with Crippen molar-refractivity contribution >= 4 is 35.2 Å². The standard InChI is InChI=1S/C22H24ClN3O2/c1-17-7-9-19(23)15-20(17)25-11-13-26(14-12-25)22(28)16-24-21(27)10-8-18-5-3-2-4-6-18/h2-10,15H,11-14,16H2,1H3,(H,24,27)/b10-8+. The third-order valence-electron chi connectivity index (χ3n) is 4.78. The second-order valence-corrected chi connectivity index (χ2v) is 7.20. The summed E-state index contributed by atoms with van der Waals surface area (Å²) in [5, 5.41) is 3.37. The van der Waals surface area contributed by atoms with Crippen molar-refractivity contribution in [1.82, 2.24) is 10.2 Å². The van der Waals surface area contributed by atoms with Crippen LogP contribution < -0.4 is 10.2 Å². The van der Waals surface area contributed by atoms with Gasteiger partial charge in [0.05, 0.1) is 6.54 Å². The van der Waals surface area contributed by atoms with Gasteiger partial charge in [-0.2, -0.15) is 0 Å². The highest BCUT2D eigenvalue weighted by atomic mass is 35.5. The number of piperazine rings is 1. The molecule has 6 heteroatoms. The third kappa shape index (κ3) is 5.36. The van der Waals surface area contributed by atoms with E-state index in [2.05, 4.69) is 17.1 Å². The number of nitrogens with one attached hydrogen (secondary N) is 1. The predicted octanol–water partition coefficient (Wildman–Crippen LogP) is 3.13. The van der Waals surface area contributed by atoms with Crippen molar-refractivity contribution in [1.29, 1.82) is 0 Å². The first kappa shape index (κ1) is 20.0. The molecule has 2 aromatic rings. The molecule has 3 rings (SSSR count). The molecule has 2 amide bonds. The minimum atomic E-state index is -0.273. The first-order valence-corrected chi connectivity index (χ1v) is 9.70. The summed E-state index contributed by atoms with van der Waals surface area (Å²) in [6, 6.07) is 15.4. The Kier molecular flexibility index (Phi) is 6.71. The van der Waals surface area contributed by atoms with Gasteiger partial charge in [0.1, 0.15) is 0 Å². The minimum absolute atomic E-state index is 0.00809. The van der Waals surface area contributed by atoms with Crippen molar-refractivity contribution in [2.75, 3.05) is 37.6 Å². The fourth-order valence-corrected chi connectivity index (χ4v) is 3.36. The number of halogens is 1. The zero-order valence-corrected chi connectivity index (χ0v) is 16.7. The lowest BCUT2D eigenvalue weighted by atomic mass is 10.1. The first-order chi connectivity index (χ1) is 13.5. The lowest BCUT2D eigenvalue weighted by Crippen LogP contribution is -2.51. The molecule has 5 nitrogen and oxygen atoms in total. The van der Waals surface area contributed by atoms with E-state index < -0.39 is 0 Å². The third-order valence-corrected chi connectivity index (χ3v) is 5.02. The van der Waals surface area contributed by atoms with Crippen molar-refractivity contribution in [3.63, 3.8) is 0 Å². The zero-order chi connectivity index (χ0) is 19.9. The maximum absolute atomic E-state index is 12.4. The largest absolute Gasteiger partial charge is 0.368 e. The van der Waals surface area contributed by atoms with Gasteiger partial charge < -0.3 is 15.1 Å². The molecule has 1 heterocycles. The number of rotatable bonds is 5. The number of hydrogen-bond acceptors (Lipinski definition) is 3. The molecule has 1 aliphatic rings. The molecule has 1 N–H and O–H groups in total. The first-order valence-electron chi connectivity index (χ1n) is 9.33. The fraction of sp³-hybridized carbons (Fsp3) is 0.273. The van der Waals surface area contributed by atoms with Crippen molar-refractivity contribution in [3.8, 4) is 0 Å². The lowest BCUT2D eigenvalue weighted by Gasteiger charge is -2.37. The van der Waals surface area contributed by atoms with Gasteiger partial charge in [-0.25, -0.2) is 0 Å². The Bertz CT molecular complexity index is 859. The van der Waals surface area contributed by atoms with Crippen molar-refractivity contribution in [3.05, 3.63) is 70.8 Å². The van der Waals surface area contributed by atoms with Crippen LogP contribution in [0.3, 0.4) is 0 Å². The number of nitrogens with zero attached hydrogens (tertiary/aromatic N) is 2. The van der Waals surface area contributed by atoms with E-state index in [-0.39, 0.29) is 18.4 Å². The number of hydrogen-bond donors (Lipinski definition) is 1. The Hall–Kier alpha value is -2.79. The van der Waals surface area contributed by atoms with E-state index in [1.165, 1.54) is 11.6 Å². The van der Waals surface area contributed by atoms with Crippen LogP contribution in [0.2, 0.25) is 5.02 Å². The maximum Gasteiger partial charge on any atom is 0.244 e. The Morgan fingerprint density at radius 3 is 2.50 bits per heavy atom. The monoisotopic (exact) mass is 397 g/mol. The molecule has 0 spiro atoms. The molecule has 28 heavy (non-hydrogen) atoms. The van der Waals surface area contributed by atoms with Gasteiger partial charge in [-0.1, -0.05) is 48.0 Å². The zero-order valence-electron chi connectivity index (χ0n) is 15.9. The molecule has 0 atom stereocenters. The molecule has 146 valence electrons. The van der Waals surface area contributed by atoms with Crippen LogP contribution >= 0.6 is 11.6 Å². The molecule has 1 fully saturated rings. The molecule has 0 saturated carbocycles. The Morgan fingerprint density at radius 2 is 1.79 bits per heavy atom. The molecule has 0 aromatic heterocycles. The Morgan fingerprint density at radius 1 is 1.07 bits per heavy atom. The summed E-state index contributed by atoms with van der Waals surface area (Å²) in [6.45, 7) is 4.81. The molecule has 0 unspecified atom stereocenters. The van der Waals surface area contributed by atoms with Crippen LogP contribution in [0, 0.1) is 6.92 Å². The summed E-state index contributed by atoms with van der Waals surface area (Å²) in [5.74, 6) is -0.339. The lowest BCUT2D eigenvalue weighted by molar-refractivity contribution is -0.132. The van der Waals surface area contributed by atoms with E-state index in [9.17, 15) is 9.59 Å². The van der Waals surface area contributed by atoms with E-state index in [0.29, 0.717) is 18.1 Å². The van der Waals surface area contributed by atoms with Gasteiger partial charge in [0.25, 0.3) is 0 Å². The minimum Gasteiger partial charge on any atom is -0.368 e. The Balaban J connectivity index is 1.45. The van der Waals surface area contributed by atoms with Crippen LogP contribution in [-0.4, -0.2) is 49.4 Å². The van der Waals surface area contributed by atoms with Crippen LogP contribution in [0.1, 0.15) is 11.1 Å². The molecule has 0 radical (unpaired) electrons. The average molecular weight is 398 g/mol. The maximum atomic E-state index is 12.4. The van der Waals surface area contributed by atoms with Gasteiger partial charge >= 0.3 is 0 Å². The van der Waals surface area contributed by atoms with Crippen LogP contribution in [0.25, 0.3) is 6.08 Å². The van der Waals surface area contributed by atoms with E-state index in [1.54, 1.807) is 11.0 Å². The molecule has 1 aliphatic heterocycles. The number of carbonyl (C=O) groups is 2. The molecule has 0 aliphatic carbocycles. The van der Waals surface area contributed by atoms with E-state index in [1.807, 2.05) is 48.5 Å². The van der Waals surface area contributed by atoms with Gasteiger partial charge in [0, 0.05) is 43.0 Å². The van der Waals surface area contributed by atoms with Crippen LogP contribution in [-0.2, 0) is 9.59 Å². The smallest absolute Gasteiger partial charge is 0.244 e. The highest BCUT2D eigenvalue weighted by Crippen LogP contribution is 2.25. The highest BCUT2D eigenvalue weighted by molar-refractivity contribution is 6.30. The predicted molar refractivity (Wildman–Crippen MR) is 113 cm³/mol. The molecule has 1 saturated heterocycles. The van der Waals surface area contributed by atoms with Crippen molar-refractivity contribution in [2.45, 2.75) is 6.92 Å². The van der Waals surface area contributed by atoms with E-state index in [4.69, 9.17) is 11.6 Å². The van der Waals surface area contributed by atoms with E-state index >= 15 is 0 Å². The fourth-order valence-electron chi connectivity index (χ4n) is 3.19.